The van der Waals surface area contributed by atoms with Gasteiger partial charge in [-0.1, -0.05) is 74.0 Å². The molecule has 1 unspecified atom stereocenters. The number of rotatable bonds is 6. The van der Waals surface area contributed by atoms with Crippen molar-refractivity contribution < 1.29 is 0 Å². The van der Waals surface area contributed by atoms with Gasteiger partial charge in [0.1, 0.15) is 0 Å². The van der Waals surface area contributed by atoms with Crippen molar-refractivity contribution in [2.75, 3.05) is 10.2 Å². The van der Waals surface area contributed by atoms with E-state index < -0.39 is 0 Å². The van der Waals surface area contributed by atoms with Crippen molar-refractivity contribution in [2.45, 2.75) is 39.2 Å². The molecule has 7 heteroatoms. The zero-order valence-electron chi connectivity index (χ0n) is 23.2. The predicted octanol–water partition coefficient (Wildman–Crippen LogP) is 7.71. The smallest absolute Gasteiger partial charge is 0.179 e. The Bertz CT molecular complexity index is 1750. The Hall–Kier alpha value is -5.04. The van der Waals surface area contributed by atoms with Crippen LogP contribution >= 0.6 is 0 Å². The van der Waals surface area contributed by atoms with Gasteiger partial charge in [-0.15, -0.1) is 0 Å². The largest absolute Gasteiger partial charge is 0.337 e. The van der Waals surface area contributed by atoms with E-state index in [0.29, 0.717) is 5.84 Å². The van der Waals surface area contributed by atoms with Gasteiger partial charge in [0.15, 0.2) is 23.3 Å². The Morgan fingerprint density at radius 3 is 2.39 bits per heavy atom. The fraction of sp³-hybridized carbons (Fsp3) is 0.176. The Morgan fingerprint density at radius 1 is 0.829 bits per heavy atom. The second-order valence-corrected chi connectivity index (χ2v) is 10.4. The molecule has 0 amide bonds. The van der Waals surface area contributed by atoms with Crippen LogP contribution in [-0.2, 0) is 6.42 Å². The standard InChI is InChI=1S/C34H31N7/c1-3-4-12-24-18-20-26(21-19-24)36-32-34-38-33-30(23(2)39-41(33)29-17-10-11-22-35-29)31(25-13-6-5-7-14-25)40(34)28-16-9-8-15-27(28)37-32/h5-11,13-22,31H,3-4,12H2,1-2H3,(H,36,37). The summed E-state index contributed by atoms with van der Waals surface area (Å²) in [4.78, 5) is 17.3. The minimum absolute atomic E-state index is 0.152. The molecule has 0 bridgehead atoms. The van der Waals surface area contributed by atoms with E-state index >= 15 is 0 Å². The van der Waals surface area contributed by atoms with E-state index in [4.69, 9.17) is 15.1 Å². The second kappa shape index (κ2) is 10.5. The molecule has 0 radical (unpaired) electrons. The van der Waals surface area contributed by atoms with Crippen LogP contribution in [0.3, 0.4) is 0 Å². The average molecular weight is 538 g/mol. The Kier molecular flexibility index (Phi) is 6.39. The Labute approximate surface area is 239 Å². The van der Waals surface area contributed by atoms with Gasteiger partial charge in [-0.3, -0.25) is 0 Å². The maximum atomic E-state index is 5.28. The van der Waals surface area contributed by atoms with E-state index in [-0.39, 0.29) is 6.04 Å². The molecule has 7 rings (SSSR count). The van der Waals surface area contributed by atoms with Gasteiger partial charge in [0.2, 0.25) is 0 Å². The normalized spacial score (nSPS) is 15.4. The average Bonchev–Trinajstić information content (AvgIpc) is 3.36. The number of unbranched alkanes of at least 4 members (excludes halogenated alkanes) is 1. The molecule has 7 nitrogen and oxygen atoms in total. The molecule has 0 fully saturated rings. The molecular weight excluding hydrogens is 506 g/mol. The van der Waals surface area contributed by atoms with Gasteiger partial charge in [0.05, 0.1) is 23.1 Å². The number of hydrogen-bond acceptors (Lipinski definition) is 6. The van der Waals surface area contributed by atoms with Crippen LogP contribution in [0.4, 0.5) is 22.9 Å². The van der Waals surface area contributed by atoms with E-state index in [0.717, 1.165) is 57.8 Å². The maximum absolute atomic E-state index is 5.28. The topological polar surface area (TPSA) is 70.7 Å². The van der Waals surface area contributed by atoms with Crippen molar-refractivity contribution >= 4 is 34.6 Å². The molecule has 2 aliphatic heterocycles. The van der Waals surface area contributed by atoms with E-state index in [1.165, 1.54) is 18.4 Å². The summed E-state index contributed by atoms with van der Waals surface area (Å²) in [6.07, 6.45) is 5.24. The highest BCUT2D eigenvalue weighted by Crippen LogP contribution is 2.48. The van der Waals surface area contributed by atoms with Gasteiger partial charge in [0, 0.05) is 17.4 Å². The van der Waals surface area contributed by atoms with E-state index in [1.54, 1.807) is 6.20 Å². The number of fused-ring (bicyclic) bond motifs is 4. The van der Waals surface area contributed by atoms with Gasteiger partial charge in [0.25, 0.3) is 0 Å². The predicted molar refractivity (Wildman–Crippen MR) is 166 cm³/mol. The summed E-state index contributed by atoms with van der Waals surface area (Å²) in [7, 11) is 0. The van der Waals surface area contributed by atoms with Crippen molar-refractivity contribution in [2.24, 2.45) is 9.98 Å². The van der Waals surface area contributed by atoms with Crippen LogP contribution in [0, 0.1) is 6.92 Å². The van der Waals surface area contributed by atoms with Crippen LogP contribution in [0.15, 0.2) is 113 Å². The Morgan fingerprint density at radius 2 is 1.61 bits per heavy atom. The summed E-state index contributed by atoms with van der Waals surface area (Å²) in [5, 5.41) is 8.56. The summed E-state index contributed by atoms with van der Waals surface area (Å²) < 4.78 is 1.85. The fourth-order valence-electron chi connectivity index (χ4n) is 5.66. The number of nitrogens with one attached hydrogen (secondary N) is 1. The lowest BCUT2D eigenvalue weighted by molar-refractivity contribution is 0.795. The summed E-state index contributed by atoms with van der Waals surface area (Å²) in [5.41, 5.74) is 7.35. The molecule has 4 heterocycles. The molecule has 0 aliphatic carbocycles. The number of para-hydroxylation sites is 2. The van der Waals surface area contributed by atoms with Gasteiger partial charge in [-0.25, -0.2) is 15.0 Å². The molecule has 0 saturated heterocycles. The summed E-state index contributed by atoms with van der Waals surface area (Å²) >= 11 is 0. The minimum Gasteiger partial charge on any atom is -0.337 e. The van der Waals surface area contributed by atoms with Crippen molar-refractivity contribution in [1.29, 1.82) is 0 Å². The fourth-order valence-corrected chi connectivity index (χ4v) is 5.66. The van der Waals surface area contributed by atoms with Gasteiger partial charge in [-0.05, 0) is 67.3 Å². The van der Waals surface area contributed by atoms with Crippen LogP contribution < -0.4 is 10.2 Å². The van der Waals surface area contributed by atoms with Crippen LogP contribution in [0.1, 0.15) is 48.2 Å². The number of amidine groups is 2. The first kappa shape index (κ1) is 25.0. The van der Waals surface area contributed by atoms with E-state index in [2.05, 4.69) is 102 Å². The number of benzene rings is 3. The second-order valence-electron chi connectivity index (χ2n) is 10.4. The van der Waals surface area contributed by atoms with Crippen molar-refractivity contribution in [3.63, 3.8) is 0 Å². The summed E-state index contributed by atoms with van der Waals surface area (Å²) in [6.45, 7) is 4.28. The van der Waals surface area contributed by atoms with Gasteiger partial charge < -0.3 is 10.2 Å². The maximum Gasteiger partial charge on any atom is 0.179 e. The van der Waals surface area contributed by atoms with Crippen molar-refractivity contribution in [3.8, 4) is 5.82 Å². The first-order chi connectivity index (χ1) is 20.2. The Balaban J connectivity index is 1.41. The van der Waals surface area contributed by atoms with E-state index in [1.807, 2.05) is 28.9 Å². The molecule has 41 heavy (non-hydrogen) atoms. The highest BCUT2D eigenvalue weighted by atomic mass is 15.4. The number of pyridine rings is 1. The first-order valence-corrected chi connectivity index (χ1v) is 14.2. The quantitative estimate of drug-likeness (QED) is 0.241. The van der Waals surface area contributed by atoms with Crippen LogP contribution in [0.2, 0.25) is 0 Å². The number of aromatic nitrogens is 3. The monoisotopic (exact) mass is 537 g/mol. The third-order valence-electron chi connectivity index (χ3n) is 7.66. The summed E-state index contributed by atoms with van der Waals surface area (Å²) in [6, 6.07) is 33.2. The molecule has 0 saturated carbocycles. The zero-order valence-corrected chi connectivity index (χ0v) is 23.2. The highest BCUT2D eigenvalue weighted by molar-refractivity contribution is 6.51. The molecular formula is C34H31N7. The third kappa shape index (κ3) is 4.49. The molecule has 3 aromatic carbocycles. The number of aliphatic imine (C=N–C) groups is 2. The molecule has 1 N–H and O–H groups in total. The zero-order chi connectivity index (χ0) is 27.8. The lowest BCUT2D eigenvalue weighted by Gasteiger charge is -2.40. The first-order valence-electron chi connectivity index (χ1n) is 14.2. The van der Waals surface area contributed by atoms with Crippen LogP contribution in [0.5, 0.6) is 0 Å². The number of anilines is 2. The summed E-state index contributed by atoms with van der Waals surface area (Å²) in [5.74, 6) is 2.94. The molecule has 2 aromatic heterocycles. The number of aryl methyl sites for hydroxylation is 2. The lowest BCUT2D eigenvalue weighted by atomic mass is 9.93. The number of hydrogen-bond donors (Lipinski definition) is 1. The molecule has 1 atom stereocenters. The lowest BCUT2D eigenvalue weighted by Crippen LogP contribution is -2.46. The van der Waals surface area contributed by atoms with Crippen molar-refractivity contribution in [1.82, 2.24) is 14.8 Å². The SMILES string of the molecule is CCCCc1ccc(NC2=Nc3ccccc3N3C2=Nc2c(c(C)nn2-c2ccccn2)C3c2ccccc2)cc1. The molecule has 5 aromatic rings. The van der Waals surface area contributed by atoms with Crippen LogP contribution in [0.25, 0.3) is 5.82 Å². The van der Waals surface area contributed by atoms with E-state index in [9.17, 15) is 0 Å². The highest BCUT2D eigenvalue weighted by Gasteiger charge is 2.41. The van der Waals surface area contributed by atoms with Gasteiger partial charge in [-0.2, -0.15) is 9.78 Å². The molecule has 2 aliphatic rings. The number of nitrogens with zero attached hydrogens (tertiary/aromatic N) is 6. The third-order valence-corrected chi connectivity index (χ3v) is 7.66. The van der Waals surface area contributed by atoms with Crippen molar-refractivity contribution in [3.05, 3.63) is 126 Å². The van der Waals surface area contributed by atoms with Crippen LogP contribution in [-0.4, -0.2) is 26.4 Å². The minimum atomic E-state index is -0.152. The molecule has 0 spiro atoms. The van der Waals surface area contributed by atoms with Gasteiger partial charge >= 0.3 is 0 Å². The molecule has 202 valence electrons.